The molecule has 0 saturated carbocycles. The molecule has 1 aromatic heterocycles. The van der Waals surface area contributed by atoms with Crippen LogP contribution in [0.3, 0.4) is 0 Å². The molecule has 2 heterocycles. The SMILES string of the molecule is Cn1c(CO)nnc1CC1CCCO1. The van der Waals surface area contributed by atoms with Crippen LogP contribution in [0.15, 0.2) is 0 Å². The minimum atomic E-state index is -0.0605. The summed E-state index contributed by atoms with van der Waals surface area (Å²) in [5.41, 5.74) is 0. The van der Waals surface area contributed by atoms with Crippen LogP contribution >= 0.6 is 0 Å². The summed E-state index contributed by atoms with van der Waals surface area (Å²) in [7, 11) is 1.87. The fourth-order valence-corrected chi connectivity index (χ4v) is 1.72. The summed E-state index contributed by atoms with van der Waals surface area (Å²) in [5.74, 6) is 1.50. The van der Waals surface area contributed by atoms with Gasteiger partial charge in [-0.15, -0.1) is 10.2 Å². The molecule has 1 fully saturated rings. The second-order valence-corrected chi connectivity index (χ2v) is 3.59. The molecular weight excluding hydrogens is 182 g/mol. The second kappa shape index (κ2) is 4.06. The molecule has 0 aromatic carbocycles. The van der Waals surface area contributed by atoms with Gasteiger partial charge in [0.25, 0.3) is 0 Å². The van der Waals surface area contributed by atoms with Gasteiger partial charge < -0.3 is 14.4 Å². The topological polar surface area (TPSA) is 60.2 Å². The van der Waals surface area contributed by atoms with Crippen molar-refractivity contribution in [2.45, 2.75) is 32.0 Å². The molecule has 1 aliphatic rings. The summed E-state index contributed by atoms with van der Waals surface area (Å²) in [6.07, 6.45) is 3.31. The average Bonchev–Trinajstić information content (AvgIpc) is 2.79. The summed E-state index contributed by atoms with van der Waals surface area (Å²) in [5, 5.41) is 16.8. The molecule has 1 unspecified atom stereocenters. The largest absolute Gasteiger partial charge is 0.388 e. The van der Waals surface area contributed by atoms with Gasteiger partial charge in [-0.25, -0.2) is 0 Å². The molecule has 0 bridgehead atoms. The highest BCUT2D eigenvalue weighted by molar-refractivity contribution is 4.95. The lowest BCUT2D eigenvalue weighted by molar-refractivity contribution is 0.109. The van der Waals surface area contributed by atoms with E-state index in [-0.39, 0.29) is 12.7 Å². The van der Waals surface area contributed by atoms with Crippen molar-refractivity contribution in [2.75, 3.05) is 6.61 Å². The third-order valence-corrected chi connectivity index (χ3v) is 2.63. The predicted octanol–water partition coefficient (Wildman–Crippen LogP) is 0.0289. The Morgan fingerprint density at radius 3 is 2.86 bits per heavy atom. The fourth-order valence-electron chi connectivity index (χ4n) is 1.72. The molecule has 1 aromatic rings. The van der Waals surface area contributed by atoms with Gasteiger partial charge in [-0.2, -0.15) is 0 Å². The number of hydrogen-bond acceptors (Lipinski definition) is 4. The van der Waals surface area contributed by atoms with E-state index in [1.165, 1.54) is 0 Å². The quantitative estimate of drug-likeness (QED) is 0.742. The van der Waals surface area contributed by atoms with Gasteiger partial charge in [0, 0.05) is 20.1 Å². The molecule has 2 rings (SSSR count). The standard InChI is InChI=1S/C9H15N3O2/c1-12-8(10-11-9(12)6-13)5-7-3-2-4-14-7/h7,13H,2-6H2,1H3. The molecule has 1 atom stereocenters. The molecule has 78 valence electrons. The van der Waals surface area contributed by atoms with E-state index in [1.54, 1.807) is 0 Å². The van der Waals surface area contributed by atoms with E-state index in [4.69, 9.17) is 9.84 Å². The molecule has 5 heteroatoms. The number of aliphatic hydroxyl groups is 1. The Bertz CT molecular complexity index is 305. The third-order valence-electron chi connectivity index (χ3n) is 2.63. The van der Waals surface area contributed by atoms with E-state index in [0.29, 0.717) is 5.82 Å². The normalized spacial score (nSPS) is 21.7. The highest BCUT2D eigenvalue weighted by atomic mass is 16.5. The summed E-state index contributed by atoms with van der Waals surface area (Å²) in [6.45, 7) is 0.796. The molecule has 14 heavy (non-hydrogen) atoms. The van der Waals surface area contributed by atoms with E-state index >= 15 is 0 Å². The first-order chi connectivity index (χ1) is 6.81. The summed E-state index contributed by atoms with van der Waals surface area (Å²) in [6, 6.07) is 0. The zero-order valence-corrected chi connectivity index (χ0v) is 8.31. The van der Waals surface area contributed by atoms with Crippen LogP contribution in [-0.2, 0) is 24.8 Å². The van der Waals surface area contributed by atoms with E-state index in [2.05, 4.69) is 10.2 Å². The van der Waals surface area contributed by atoms with Crippen LogP contribution in [0.1, 0.15) is 24.5 Å². The van der Waals surface area contributed by atoms with Crippen molar-refractivity contribution in [3.63, 3.8) is 0 Å². The molecular formula is C9H15N3O2. The summed E-state index contributed by atoms with van der Waals surface area (Å²) in [4.78, 5) is 0. The molecule has 0 amide bonds. The van der Waals surface area contributed by atoms with Gasteiger partial charge >= 0.3 is 0 Å². The van der Waals surface area contributed by atoms with Gasteiger partial charge in [-0.3, -0.25) is 0 Å². The number of rotatable bonds is 3. The zero-order chi connectivity index (χ0) is 9.97. The maximum Gasteiger partial charge on any atom is 0.158 e. The van der Waals surface area contributed by atoms with Crippen LogP contribution in [0.4, 0.5) is 0 Å². The van der Waals surface area contributed by atoms with E-state index in [9.17, 15) is 0 Å². The molecule has 0 spiro atoms. The van der Waals surface area contributed by atoms with Crippen molar-refractivity contribution in [2.24, 2.45) is 7.05 Å². The van der Waals surface area contributed by atoms with Crippen molar-refractivity contribution >= 4 is 0 Å². The Hall–Kier alpha value is -0.940. The first kappa shape index (κ1) is 9.61. The van der Waals surface area contributed by atoms with Crippen molar-refractivity contribution in [1.29, 1.82) is 0 Å². The number of aliphatic hydroxyl groups excluding tert-OH is 1. The molecule has 1 N–H and O–H groups in total. The summed E-state index contributed by atoms with van der Waals surface area (Å²) >= 11 is 0. The van der Waals surface area contributed by atoms with Gasteiger partial charge in [0.05, 0.1) is 6.10 Å². The Balaban J connectivity index is 2.04. The fraction of sp³-hybridized carbons (Fsp3) is 0.778. The minimum absolute atomic E-state index is 0.0605. The van der Waals surface area contributed by atoms with Crippen LogP contribution in [0.25, 0.3) is 0 Å². The van der Waals surface area contributed by atoms with Crippen molar-refractivity contribution in [3.05, 3.63) is 11.6 Å². The minimum Gasteiger partial charge on any atom is -0.388 e. The molecule has 1 aliphatic heterocycles. The van der Waals surface area contributed by atoms with Gasteiger partial charge in [0.15, 0.2) is 5.82 Å². The number of aromatic nitrogens is 3. The highest BCUT2D eigenvalue weighted by Gasteiger charge is 2.19. The third kappa shape index (κ3) is 1.78. The Kier molecular flexibility index (Phi) is 2.79. The monoisotopic (exact) mass is 197 g/mol. The Morgan fingerprint density at radius 1 is 1.50 bits per heavy atom. The lowest BCUT2D eigenvalue weighted by atomic mass is 10.2. The highest BCUT2D eigenvalue weighted by Crippen LogP contribution is 2.16. The first-order valence-electron chi connectivity index (χ1n) is 4.91. The molecule has 5 nitrogen and oxygen atoms in total. The average molecular weight is 197 g/mol. The zero-order valence-electron chi connectivity index (χ0n) is 8.31. The maximum atomic E-state index is 8.94. The van der Waals surface area contributed by atoms with Gasteiger partial charge in [0.2, 0.25) is 0 Å². The Morgan fingerprint density at radius 2 is 2.29 bits per heavy atom. The molecule has 0 aliphatic carbocycles. The first-order valence-corrected chi connectivity index (χ1v) is 4.91. The van der Waals surface area contributed by atoms with Crippen LogP contribution < -0.4 is 0 Å². The van der Waals surface area contributed by atoms with Gasteiger partial charge in [0.1, 0.15) is 12.4 Å². The maximum absolute atomic E-state index is 8.94. The van der Waals surface area contributed by atoms with Gasteiger partial charge in [-0.05, 0) is 12.8 Å². The van der Waals surface area contributed by atoms with E-state index in [1.807, 2.05) is 11.6 Å². The van der Waals surface area contributed by atoms with Crippen molar-refractivity contribution < 1.29 is 9.84 Å². The number of nitrogens with zero attached hydrogens (tertiary/aromatic N) is 3. The van der Waals surface area contributed by atoms with E-state index < -0.39 is 0 Å². The lowest BCUT2D eigenvalue weighted by Crippen LogP contribution is -2.13. The van der Waals surface area contributed by atoms with Crippen LogP contribution in [0.5, 0.6) is 0 Å². The lowest BCUT2D eigenvalue weighted by Gasteiger charge is -2.08. The van der Waals surface area contributed by atoms with Crippen LogP contribution in [0, 0.1) is 0 Å². The van der Waals surface area contributed by atoms with E-state index in [0.717, 1.165) is 31.7 Å². The summed E-state index contributed by atoms with van der Waals surface area (Å²) < 4.78 is 7.35. The van der Waals surface area contributed by atoms with Crippen LogP contribution in [0.2, 0.25) is 0 Å². The number of ether oxygens (including phenoxy) is 1. The molecule has 1 saturated heterocycles. The number of hydrogen-bond donors (Lipinski definition) is 1. The second-order valence-electron chi connectivity index (χ2n) is 3.59. The predicted molar refractivity (Wildman–Crippen MR) is 49.6 cm³/mol. The smallest absolute Gasteiger partial charge is 0.158 e. The van der Waals surface area contributed by atoms with Gasteiger partial charge in [-0.1, -0.05) is 0 Å². The van der Waals surface area contributed by atoms with Crippen molar-refractivity contribution in [1.82, 2.24) is 14.8 Å². The van der Waals surface area contributed by atoms with Crippen molar-refractivity contribution in [3.8, 4) is 0 Å². The molecule has 0 radical (unpaired) electrons. The van der Waals surface area contributed by atoms with Crippen LogP contribution in [-0.4, -0.2) is 32.6 Å². The Labute approximate surface area is 82.7 Å².